The summed E-state index contributed by atoms with van der Waals surface area (Å²) in [5.74, 6) is 0.762. The Morgan fingerprint density at radius 2 is 2.03 bits per heavy atom. The Labute approximate surface area is 195 Å². The van der Waals surface area contributed by atoms with E-state index in [4.69, 9.17) is 21.7 Å². The molecule has 1 aliphatic rings. The third-order valence-corrected chi connectivity index (χ3v) is 6.03. The Balaban J connectivity index is 1.73. The van der Waals surface area contributed by atoms with Crippen LogP contribution in [0.1, 0.15) is 12.0 Å². The molecule has 1 aromatic carbocycles. The number of nitrogens with one attached hydrogen (secondary N) is 2. The van der Waals surface area contributed by atoms with E-state index in [0.29, 0.717) is 17.2 Å². The van der Waals surface area contributed by atoms with E-state index in [-0.39, 0.29) is 5.56 Å². The minimum absolute atomic E-state index is 0.0885. The highest BCUT2D eigenvalue weighted by Crippen LogP contribution is 2.19. The monoisotopic (exact) mass is 461 g/mol. The van der Waals surface area contributed by atoms with E-state index in [1.165, 1.54) is 0 Å². The first kappa shape index (κ1) is 24.4. The number of morpholine rings is 1. The van der Waals surface area contributed by atoms with Gasteiger partial charge in [-0.25, -0.2) is 0 Å². The van der Waals surface area contributed by atoms with Crippen LogP contribution in [0, 0.1) is 0 Å². The molecule has 2 heterocycles. The van der Waals surface area contributed by atoms with Gasteiger partial charge < -0.3 is 29.6 Å². The number of aromatic amines is 1. The first-order valence-corrected chi connectivity index (χ1v) is 11.5. The molecule has 8 nitrogen and oxygen atoms in total. The molecule has 0 bridgehead atoms. The molecule has 0 atom stereocenters. The van der Waals surface area contributed by atoms with Gasteiger partial charge in [0, 0.05) is 49.2 Å². The lowest BCUT2D eigenvalue weighted by Gasteiger charge is -2.31. The van der Waals surface area contributed by atoms with Crippen LogP contribution in [0.15, 0.2) is 29.1 Å². The minimum Gasteiger partial charge on any atom is -0.497 e. The van der Waals surface area contributed by atoms with Gasteiger partial charge in [0.2, 0.25) is 0 Å². The molecule has 9 heteroatoms. The van der Waals surface area contributed by atoms with Crippen molar-refractivity contribution in [2.45, 2.75) is 13.0 Å². The normalized spacial score (nSPS) is 14.6. The number of hydrogen-bond acceptors (Lipinski definition) is 6. The maximum absolute atomic E-state index is 12.8. The van der Waals surface area contributed by atoms with Crippen LogP contribution in [-0.2, 0) is 11.3 Å². The predicted octanol–water partition coefficient (Wildman–Crippen LogP) is 1.50. The van der Waals surface area contributed by atoms with Gasteiger partial charge in [-0.05, 0) is 63.5 Å². The first-order chi connectivity index (χ1) is 15.5. The molecule has 0 unspecified atom stereocenters. The fourth-order valence-electron chi connectivity index (χ4n) is 3.72. The lowest BCUT2D eigenvalue weighted by Crippen LogP contribution is -2.46. The van der Waals surface area contributed by atoms with Crippen LogP contribution in [0.5, 0.6) is 5.75 Å². The van der Waals surface area contributed by atoms with Gasteiger partial charge in [0.05, 0.1) is 26.9 Å². The maximum atomic E-state index is 12.8. The zero-order valence-electron chi connectivity index (χ0n) is 19.4. The molecular weight excluding hydrogens is 426 g/mol. The smallest absolute Gasteiger partial charge is 0.253 e. The van der Waals surface area contributed by atoms with E-state index in [0.717, 1.165) is 75.6 Å². The zero-order valence-corrected chi connectivity index (χ0v) is 20.2. The van der Waals surface area contributed by atoms with Crippen LogP contribution in [0.25, 0.3) is 10.9 Å². The number of benzene rings is 1. The fourth-order valence-corrected chi connectivity index (χ4v) is 3.98. The Kier molecular flexibility index (Phi) is 9.28. The molecule has 2 N–H and O–H groups in total. The van der Waals surface area contributed by atoms with Crippen LogP contribution >= 0.6 is 12.2 Å². The molecule has 32 heavy (non-hydrogen) atoms. The highest BCUT2D eigenvalue weighted by atomic mass is 32.1. The highest BCUT2D eigenvalue weighted by Gasteiger charge is 2.16. The van der Waals surface area contributed by atoms with Crippen molar-refractivity contribution in [3.8, 4) is 5.75 Å². The summed E-state index contributed by atoms with van der Waals surface area (Å²) in [4.78, 5) is 22.4. The molecule has 0 saturated carbocycles. The van der Waals surface area contributed by atoms with Gasteiger partial charge in [0.25, 0.3) is 5.56 Å². The number of H-pyrrole nitrogens is 1. The average Bonchev–Trinajstić information content (AvgIpc) is 2.79. The van der Waals surface area contributed by atoms with Crippen LogP contribution < -0.4 is 15.6 Å². The molecule has 0 aliphatic carbocycles. The molecule has 1 saturated heterocycles. The van der Waals surface area contributed by atoms with Crippen LogP contribution in [-0.4, -0.2) is 98.5 Å². The third-order valence-electron chi connectivity index (χ3n) is 5.62. The summed E-state index contributed by atoms with van der Waals surface area (Å²) in [5.41, 5.74) is 1.39. The van der Waals surface area contributed by atoms with Gasteiger partial charge in [-0.2, -0.15) is 0 Å². The van der Waals surface area contributed by atoms with Gasteiger partial charge in [-0.15, -0.1) is 0 Å². The van der Waals surface area contributed by atoms with Gasteiger partial charge in [-0.1, -0.05) is 0 Å². The largest absolute Gasteiger partial charge is 0.497 e. The molecule has 176 valence electrons. The van der Waals surface area contributed by atoms with E-state index >= 15 is 0 Å². The second kappa shape index (κ2) is 12.2. The number of rotatable bonds is 10. The summed E-state index contributed by atoms with van der Waals surface area (Å²) in [6.45, 7) is 7.24. The highest BCUT2D eigenvalue weighted by molar-refractivity contribution is 7.80. The average molecular weight is 462 g/mol. The Bertz CT molecular complexity index is 943. The molecule has 0 spiro atoms. The minimum atomic E-state index is -0.0885. The number of fused-ring (bicyclic) bond motifs is 1. The second-order valence-corrected chi connectivity index (χ2v) is 8.73. The van der Waals surface area contributed by atoms with Crippen LogP contribution in [0.2, 0.25) is 0 Å². The van der Waals surface area contributed by atoms with Crippen molar-refractivity contribution in [3.63, 3.8) is 0 Å². The lowest BCUT2D eigenvalue weighted by atomic mass is 10.1. The lowest BCUT2D eigenvalue weighted by molar-refractivity contribution is 0.0357. The van der Waals surface area contributed by atoms with Crippen molar-refractivity contribution in [1.29, 1.82) is 0 Å². The number of nitrogens with zero attached hydrogens (tertiary/aromatic N) is 3. The standard InChI is InChI=1S/C23H35N5O3S/c1-26(2)8-4-7-24-23(32)28(10-9-27-11-13-31-14-12-27)17-19-15-18-16-20(30-3)5-6-21(18)25-22(19)29/h5-6,15-16H,4,7-14,17H2,1-3H3,(H,24,32)(H,25,29). The Morgan fingerprint density at radius 3 is 2.75 bits per heavy atom. The topological polar surface area (TPSA) is 73.1 Å². The molecule has 0 radical (unpaired) electrons. The van der Waals surface area contributed by atoms with E-state index < -0.39 is 0 Å². The summed E-state index contributed by atoms with van der Waals surface area (Å²) in [5, 5.41) is 5.00. The molecule has 1 aromatic heterocycles. The second-order valence-electron chi connectivity index (χ2n) is 8.34. The number of hydrogen-bond donors (Lipinski definition) is 2. The first-order valence-electron chi connectivity index (χ1n) is 11.1. The molecule has 3 rings (SSSR count). The molecule has 1 fully saturated rings. The van der Waals surface area contributed by atoms with Gasteiger partial charge in [0.1, 0.15) is 5.75 Å². The number of ether oxygens (including phenoxy) is 2. The van der Waals surface area contributed by atoms with Gasteiger partial charge in [0.15, 0.2) is 5.11 Å². The molecule has 1 aliphatic heterocycles. The fraction of sp³-hybridized carbons (Fsp3) is 0.565. The summed E-state index contributed by atoms with van der Waals surface area (Å²) in [7, 11) is 5.77. The Morgan fingerprint density at radius 1 is 1.25 bits per heavy atom. The Hall–Kier alpha value is -2.20. The quantitative estimate of drug-likeness (QED) is 0.407. The molecule has 0 amide bonds. The SMILES string of the molecule is COc1ccc2[nH]c(=O)c(CN(CCN3CCOCC3)C(=S)NCCCN(C)C)cc2c1. The number of methoxy groups -OCH3 is 1. The van der Waals surface area contributed by atoms with Crippen molar-refractivity contribution < 1.29 is 9.47 Å². The number of aromatic nitrogens is 1. The van der Waals surface area contributed by atoms with Crippen LogP contribution in [0.4, 0.5) is 0 Å². The van der Waals surface area contributed by atoms with Crippen LogP contribution in [0.3, 0.4) is 0 Å². The van der Waals surface area contributed by atoms with Crippen molar-refractivity contribution in [1.82, 2.24) is 25.0 Å². The van der Waals surface area contributed by atoms with Crippen molar-refractivity contribution in [2.75, 3.05) is 73.7 Å². The maximum Gasteiger partial charge on any atom is 0.253 e. The summed E-state index contributed by atoms with van der Waals surface area (Å²) in [6, 6.07) is 7.59. The molecular formula is C23H35N5O3S. The van der Waals surface area contributed by atoms with E-state index in [2.05, 4.69) is 39.1 Å². The summed E-state index contributed by atoms with van der Waals surface area (Å²) >= 11 is 5.72. The molecule has 2 aromatic rings. The van der Waals surface area contributed by atoms with E-state index in [1.54, 1.807) is 7.11 Å². The van der Waals surface area contributed by atoms with Crippen molar-refractivity contribution in [3.05, 3.63) is 40.2 Å². The van der Waals surface area contributed by atoms with Gasteiger partial charge in [-0.3, -0.25) is 9.69 Å². The predicted molar refractivity (Wildman–Crippen MR) is 133 cm³/mol. The van der Waals surface area contributed by atoms with Gasteiger partial charge >= 0.3 is 0 Å². The van der Waals surface area contributed by atoms with Crippen molar-refractivity contribution in [2.24, 2.45) is 0 Å². The summed E-state index contributed by atoms with van der Waals surface area (Å²) < 4.78 is 10.8. The van der Waals surface area contributed by atoms with E-state index in [9.17, 15) is 4.79 Å². The zero-order chi connectivity index (χ0) is 22.9. The number of pyridine rings is 1. The third kappa shape index (κ3) is 7.16. The summed E-state index contributed by atoms with van der Waals surface area (Å²) in [6.07, 6.45) is 1.00. The van der Waals surface area contributed by atoms with E-state index in [1.807, 2.05) is 24.3 Å². The number of thiocarbonyl (C=S) groups is 1. The van der Waals surface area contributed by atoms with Crippen molar-refractivity contribution >= 4 is 28.2 Å².